The van der Waals surface area contributed by atoms with Crippen LogP contribution in [0.5, 0.6) is 0 Å². The number of piperidine rings is 1. The Balaban J connectivity index is 1.59. The number of ether oxygens (including phenoxy) is 1. The molecule has 0 N–H and O–H groups in total. The van der Waals surface area contributed by atoms with E-state index < -0.39 is 0 Å². The van der Waals surface area contributed by atoms with Crippen LogP contribution in [0.2, 0.25) is 0 Å². The van der Waals surface area contributed by atoms with Gasteiger partial charge in [0.1, 0.15) is 0 Å². The normalized spacial score (nSPS) is 46.4. The second-order valence-electron chi connectivity index (χ2n) is 4.17. The van der Waals surface area contributed by atoms with E-state index in [-0.39, 0.29) is 0 Å². The lowest BCUT2D eigenvalue weighted by molar-refractivity contribution is -0.0612. The molecule has 3 atom stereocenters. The molecule has 12 heavy (non-hydrogen) atoms. The Kier molecular flexibility index (Phi) is 1.30. The van der Waals surface area contributed by atoms with Crippen LogP contribution in [-0.2, 0) is 4.74 Å². The highest BCUT2D eigenvalue weighted by Crippen LogP contribution is 2.51. The number of hydrogen-bond acceptors (Lipinski definition) is 2. The van der Waals surface area contributed by atoms with Crippen molar-refractivity contribution in [2.24, 2.45) is 17.8 Å². The molecule has 0 aromatic carbocycles. The molecule has 0 amide bonds. The van der Waals surface area contributed by atoms with Crippen LogP contribution in [0.1, 0.15) is 0 Å². The Hall–Kier alpha value is -0.520. The van der Waals surface area contributed by atoms with Crippen molar-refractivity contribution in [3.05, 3.63) is 0 Å². The molecule has 1 aliphatic carbocycles. The smallest absolute Gasteiger partial charge is 0.0645 e. The third-order valence-electron chi connectivity index (χ3n) is 3.55. The Labute approximate surface area is 72.9 Å². The Morgan fingerprint density at radius 1 is 1.25 bits per heavy atom. The summed E-state index contributed by atoms with van der Waals surface area (Å²) in [5.41, 5.74) is 0. The third kappa shape index (κ3) is 0.784. The summed E-state index contributed by atoms with van der Waals surface area (Å²) in [6.07, 6.45) is 5.40. The van der Waals surface area contributed by atoms with Crippen LogP contribution in [0.3, 0.4) is 0 Å². The molecular formula is C10H13NO. The molecule has 2 aliphatic heterocycles. The molecule has 3 rings (SSSR count). The van der Waals surface area contributed by atoms with Crippen LogP contribution in [0.15, 0.2) is 0 Å². The van der Waals surface area contributed by atoms with Gasteiger partial charge in [-0.15, -0.1) is 12.3 Å². The fourth-order valence-electron chi connectivity index (χ4n) is 2.54. The second kappa shape index (κ2) is 2.25. The van der Waals surface area contributed by atoms with Gasteiger partial charge in [-0.05, 0) is 11.8 Å². The summed E-state index contributed by atoms with van der Waals surface area (Å²) in [6.45, 7) is 4.35. The molecule has 0 aromatic rings. The van der Waals surface area contributed by atoms with Crippen LogP contribution >= 0.6 is 0 Å². The van der Waals surface area contributed by atoms with Crippen molar-refractivity contribution in [2.75, 3.05) is 26.3 Å². The highest BCUT2D eigenvalue weighted by atomic mass is 16.5. The van der Waals surface area contributed by atoms with E-state index in [4.69, 9.17) is 11.2 Å². The maximum Gasteiger partial charge on any atom is 0.0645 e. The summed E-state index contributed by atoms with van der Waals surface area (Å²) in [5.74, 6) is 5.15. The first-order valence-corrected chi connectivity index (χ1v) is 4.68. The van der Waals surface area contributed by atoms with E-state index in [1.54, 1.807) is 0 Å². The van der Waals surface area contributed by atoms with Crippen LogP contribution in [0.25, 0.3) is 0 Å². The minimum atomic E-state index is 0.613. The van der Waals surface area contributed by atoms with Gasteiger partial charge in [-0.2, -0.15) is 0 Å². The predicted octanol–water partition coefficient (Wildman–Crippen LogP) is 0.196. The Bertz CT molecular complexity index is 229. The molecule has 0 aromatic heterocycles. The van der Waals surface area contributed by atoms with Crippen LogP contribution < -0.4 is 0 Å². The van der Waals surface area contributed by atoms with Gasteiger partial charge >= 0.3 is 0 Å². The number of fused-ring (bicyclic) bond motifs is 1. The second-order valence-corrected chi connectivity index (χ2v) is 4.17. The molecule has 3 fully saturated rings. The molecule has 0 radical (unpaired) electrons. The van der Waals surface area contributed by atoms with E-state index in [1.165, 1.54) is 13.1 Å². The fraction of sp³-hybridized carbons (Fsp3) is 0.800. The zero-order valence-electron chi connectivity index (χ0n) is 7.07. The van der Waals surface area contributed by atoms with Gasteiger partial charge in [-0.3, -0.25) is 4.90 Å². The molecule has 0 bridgehead atoms. The minimum absolute atomic E-state index is 0.613. The number of terminal acetylenes is 1. The first-order valence-electron chi connectivity index (χ1n) is 4.68. The van der Waals surface area contributed by atoms with Crippen molar-refractivity contribution in [3.63, 3.8) is 0 Å². The highest BCUT2D eigenvalue weighted by Gasteiger charge is 2.56. The number of rotatable bonds is 1. The SMILES string of the molecule is C#C[C@@H]1[C@H]2CN(C3COC3)C[C@@H]12. The van der Waals surface area contributed by atoms with Gasteiger partial charge in [-0.25, -0.2) is 0 Å². The van der Waals surface area contributed by atoms with Crippen molar-refractivity contribution in [3.8, 4) is 12.3 Å². The standard InChI is InChI=1S/C10H13NO/c1-2-8-9-3-11(4-10(8)9)7-5-12-6-7/h1,7-10H,3-6H2/t8-,9-,10+. The summed E-state index contributed by atoms with van der Waals surface area (Å²) in [4.78, 5) is 2.55. The summed E-state index contributed by atoms with van der Waals surface area (Å²) < 4.78 is 5.17. The number of nitrogens with zero attached hydrogens (tertiary/aromatic N) is 1. The average Bonchev–Trinajstić information content (AvgIpc) is 2.42. The van der Waals surface area contributed by atoms with Crippen molar-refractivity contribution in [1.29, 1.82) is 0 Å². The van der Waals surface area contributed by atoms with Crippen molar-refractivity contribution in [1.82, 2.24) is 4.90 Å². The average molecular weight is 163 g/mol. The largest absolute Gasteiger partial charge is 0.378 e. The van der Waals surface area contributed by atoms with Crippen molar-refractivity contribution >= 4 is 0 Å². The van der Waals surface area contributed by atoms with Gasteiger partial charge in [0.15, 0.2) is 0 Å². The lowest BCUT2D eigenvalue weighted by Gasteiger charge is -2.35. The molecule has 3 aliphatic rings. The van der Waals surface area contributed by atoms with Gasteiger partial charge in [-0.1, -0.05) is 0 Å². The van der Waals surface area contributed by atoms with Gasteiger partial charge in [0.2, 0.25) is 0 Å². The van der Waals surface area contributed by atoms with E-state index in [0.29, 0.717) is 5.92 Å². The molecule has 0 unspecified atom stereocenters. The molecule has 1 saturated carbocycles. The van der Waals surface area contributed by atoms with E-state index in [1.807, 2.05) is 0 Å². The Morgan fingerprint density at radius 2 is 1.92 bits per heavy atom. The van der Waals surface area contributed by atoms with E-state index in [9.17, 15) is 0 Å². The van der Waals surface area contributed by atoms with Gasteiger partial charge in [0, 0.05) is 19.0 Å². The monoisotopic (exact) mass is 163 g/mol. The number of likely N-dealkylation sites (tertiary alicyclic amines) is 1. The first-order chi connectivity index (χ1) is 5.90. The first kappa shape index (κ1) is 6.94. The molecule has 2 nitrogen and oxygen atoms in total. The Morgan fingerprint density at radius 3 is 2.33 bits per heavy atom. The minimum Gasteiger partial charge on any atom is -0.378 e. The third-order valence-corrected chi connectivity index (χ3v) is 3.55. The molecule has 64 valence electrons. The van der Waals surface area contributed by atoms with Crippen LogP contribution in [0.4, 0.5) is 0 Å². The van der Waals surface area contributed by atoms with E-state index in [0.717, 1.165) is 31.1 Å². The molecule has 2 heterocycles. The van der Waals surface area contributed by atoms with Gasteiger partial charge in [0.05, 0.1) is 19.3 Å². The zero-order chi connectivity index (χ0) is 8.13. The molecule has 2 saturated heterocycles. The van der Waals surface area contributed by atoms with Crippen molar-refractivity contribution in [2.45, 2.75) is 6.04 Å². The van der Waals surface area contributed by atoms with Gasteiger partial charge in [0.25, 0.3) is 0 Å². The van der Waals surface area contributed by atoms with E-state index in [2.05, 4.69) is 10.8 Å². The molecule has 0 spiro atoms. The maximum atomic E-state index is 5.40. The van der Waals surface area contributed by atoms with Crippen LogP contribution in [0, 0.1) is 30.1 Å². The topological polar surface area (TPSA) is 12.5 Å². The lowest BCUT2D eigenvalue weighted by atomic mass is 10.2. The quantitative estimate of drug-likeness (QED) is 0.512. The maximum absolute atomic E-state index is 5.40. The van der Waals surface area contributed by atoms with Crippen molar-refractivity contribution < 1.29 is 4.74 Å². The number of hydrogen-bond donors (Lipinski definition) is 0. The predicted molar refractivity (Wildman–Crippen MR) is 45.5 cm³/mol. The lowest BCUT2D eigenvalue weighted by Crippen LogP contribution is -2.48. The molecular weight excluding hydrogens is 150 g/mol. The molecule has 2 heteroatoms. The zero-order valence-corrected chi connectivity index (χ0v) is 7.07. The summed E-state index contributed by atoms with van der Waals surface area (Å²) in [5, 5.41) is 0. The van der Waals surface area contributed by atoms with Gasteiger partial charge < -0.3 is 4.74 Å². The summed E-state index contributed by atoms with van der Waals surface area (Å²) in [6, 6.07) is 0.719. The van der Waals surface area contributed by atoms with E-state index >= 15 is 0 Å². The summed E-state index contributed by atoms with van der Waals surface area (Å²) in [7, 11) is 0. The van der Waals surface area contributed by atoms with Crippen LogP contribution in [-0.4, -0.2) is 37.2 Å². The highest BCUT2D eigenvalue weighted by molar-refractivity contribution is 5.18. The fourth-order valence-corrected chi connectivity index (χ4v) is 2.54. The summed E-state index contributed by atoms with van der Waals surface area (Å²) >= 11 is 0.